The van der Waals surface area contributed by atoms with E-state index in [4.69, 9.17) is 14.7 Å². The molecule has 4 N–H and O–H groups in total. The summed E-state index contributed by atoms with van der Waals surface area (Å²) in [6, 6.07) is 14.9. The summed E-state index contributed by atoms with van der Waals surface area (Å²) in [5, 5.41) is 12.5. The van der Waals surface area contributed by atoms with Gasteiger partial charge < -0.3 is 44.7 Å². The number of nitrogens with zero attached hydrogens (tertiary/aromatic N) is 7. The zero-order chi connectivity index (χ0) is 54.6. The zero-order valence-electron chi connectivity index (χ0n) is 44.2. The van der Waals surface area contributed by atoms with Gasteiger partial charge in [0.25, 0.3) is 0 Å². The second-order valence-corrected chi connectivity index (χ2v) is 21.9. The topological polar surface area (TPSA) is 183 Å². The van der Waals surface area contributed by atoms with Crippen LogP contribution in [0.2, 0.25) is 0 Å². The number of hydrogen-bond acceptors (Lipinski definition) is 9. The summed E-state index contributed by atoms with van der Waals surface area (Å²) in [6.45, 7) is 8.90. The Bertz CT molecular complexity index is 3170. The minimum absolute atomic E-state index is 0.156. The second kappa shape index (κ2) is 21.6. The summed E-state index contributed by atoms with van der Waals surface area (Å²) < 4.78 is 66.8. The molecule has 0 radical (unpaired) electrons. The van der Waals surface area contributed by atoms with Gasteiger partial charge in [-0.1, -0.05) is 39.8 Å². The minimum Gasteiger partial charge on any atom is -0.465 e. The number of hydrogen-bond donors (Lipinski definition) is 4. The van der Waals surface area contributed by atoms with Crippen LogP contribution < -0.4 is 15.1 Å². The predicted octanol–water partition coefficient (Wildman–Crippen LogP) is 10.8. The number of aromatic amines is 2. The number of anilines is 2. The average molecular weight is 1060 g/mol. The molecule has 4 aliphatic heterocycles. The molecule has 4 fully saturated rings. The SMILES string of the molecule is COC(=O)N[C@H](C(=O)N1CCC[C@H]1c1nc2ccc([C@H]3CC[C@H](c4ccc5nc([C@@H]6CCCN6C(=O)[C@H](C(C)C)N(C)C(=O)O)[nH]c5c4)N3c3cc(F)c(N4CCC(c5cc(F)cc(F)c5)CC4)c(F)c3)cc2[nH]1)C(C)C. The molecule has 6 aromatic rings. The van der Waals surface area contributed by atoms with E-state index < -0.39 is 53.6 Å². The van der Waals surface area contributed by atoms with Crippen LogP contribution in [0.1, 0.15) is 137 Å². The first kappa shape index (κ1) is 53.0. The van der Waals surface area contributed by atoms with E-state index >= 15 is 8.78 Å². The summed E-state index contributed by atoms with van der Waals surface area (Å²) in [6.07, 6.45) is 3.02. The first-order valence-electron chi connectivity index (χ1n) is 26.8. The van der Waals surface area contributed by atoms with Crippen LogP contribution in [0.3, 0.4) is 0 Å². The zero-order valence-corrected chi connectivity index (χ0v) is 44.2. The molecule has 0 unspecified atom stereocenters. The molecule has 6 heterocycles. The molecule has 4 amide bonds. The predicted molar refractivity (Wildman–Crippen MR) is 282 cm³/mol. The van der Waals surface area contributed by atoms with E-state index in [1.165, 1.54) is 38.4 Å². The molecule has 10 rings (SSSR count). The molecule has 0 aliphatic carbocycles. The van der Waals surface area contributed by atoms with Crippen LogP contribution in [-0.4, -0.2) is 116 Å². The highest BCUT2D eigenvalue weighted by Crippen LogP contribution is 2.49. The molecule has 4 aromatic carbocycles. The number of carbonyl (C=O) groups excluding carboxylic acids is 3. The maximum absolute atomic E-state index is 16.8. The molecule has 4 saturated heterocycles. The summed E-state index contributed by atoms with van der Waals surface area (Å²) in [4.78, 5) is 77.4. The van der Waals surface area contributed by atoms with E-state index in [9.17, 15) is 33.1 Å². The van der Waals surface area contributed by atoms with Crippen molar-refractivity contribution in [3.05, 3.63) is 118 Å². The Hall–Kier alpha value is -7.38. The molecule has 20 heteroatoms. The molecule has 77 heavy (non-hydrogen) atoms. The third kappa shape index (κ3) is 10.3. The smallest absolute Gasteiger partial charge is 0.407 e. The highest BCUT2D eigenvalue weighted by Gasteiger charge is 2.42. The lowest BCUT2D eigenvalue weighted by atomic mass is 9.89. The molecule has 2 aromatic heterocycles. The Kier molecular flexibility index (Phi) is 14.9. The molecular formula is C57H66F4N10O6. The summed E-state index contributed by atoms with van der Waals surface area (Å²) in [5.74, 6) is -2.73. The number of piperidine rings is 1. The summed E-state index contributed by atoms with van der Waals surface area (Å²) in [5.41, 5.74) is 5.25. The van der Waals surface area contributed by atoms with Crippen molar-refractivity contribution in [3.63, 3.8) is 0 Å². The number of aromatic nitrogens is 4. The van der Waals surface area contributed by atoms with Gasteiger partial charge >= 0.3 is 12.2 Å². The number of ether oxygens (including phenoxy) is 1. The monoisotopic (exact) mass is 1060 g/mol. The van der Waals surface area contributed by atoms with Gasteiger partial charge in [0, 0.05) is 45.0 Å². The van der Waals surface area contributed by atoms with E-state index in [-0.39, 0.29) is 66.5 Å². The fourth-order valence-electron chi connectivity index (χ4n) is 12.6. The standard InChI is InChI=1S/C57H66F4N10O6/c1-30(2)49(66-56(74)77-6)54(72)69-19-7-9-47(69)52-62-41-13-11-33(25-43(41)64-52)45-15-16-46(71(45)38-28-39(60)51(40(61)29-38)68-21-17-32(18-22-68)35-23-36(58)27-37(59)24-35)34-12-14-42-44(26-34)65-53(63-42)48-10-8-20-70(48)55(73)50(31(3)4)67(5)57(75)76/h11-14,23-32,45-50H,7-10,15-22H2,1-6H3,(H,62,64)(H,63,65)(H,66,74)(H,75,76)/t45-,46-,47+,48+,49+,50+/m1/s1. The van der Waals surface area contributed by atoms with Crippen LogP contribution in [-0.2, 0) is 14.3 Å². The Balaban J connectivity index is 0.969. The second-order valence-electron chi connectivity index (χ2n) is 21.9. The lowest BCUT2D eigenvalue weighted by Gasteiger charge is -2.36. The quantitative estimate of drug-likeness (QED) is 0.0812. The number of alkyl carbamates (subject to hydrolysis) is 1. The molecule has 16 nitrogen and oxygen atoms in total. The van der Waals surface area contributed by atoms with Gasteiger partial charge in [0.05, 0.1) is 53.3 Å². The molecule has 4 aliphatic rings. The number of nitrogens with one attached hydrogen (secondary N) is 3. The number of halogens is 4. The van der Waals surface area contributed by atoms with Crippen LogP contribution in [0.25, 0.3) is 22.1 Å². The van der Waals surface area contributed by atoms with Crippen LogP contribution >= 0.6 is 0 Å². The van der Waals surface area contributed by atoms with Crippen LogP contribution in [0.5, 0.6) is 0 Å². The van der Waals surface area contributed by atoms with E-state index in [1.54, 1.807) is 14.7 Å². The maximum Gasteiger partial charge on any atom is 0.407 e. The number of amides is 4. The number of rotatable bonds is 13. The number of fused-ring (bicyclic) bond motifs is 2. The van der Waals surface area contributed by atoms with E-state index in [1.807, 2.05) is 64.1 Å². The van der Waals surface area contributed by atoms with Gasteiger partial charge in [-0.3, -0.25) is 14.5 Å². The minimum atomic E-state index is -1.18. The summed E-state index contributed by atoms with van der Waals surface area (Å²) in [7, 11) is 2.67. The van der Waals surface area contributed by atoms with Crippen molar-refractivity contribution in [2.75, 3.05) is 50.1 Å². The van der Waals surface area contributed by atoms with Crippen molar-refractivity contribution < 1.29 is 46.6 Å². The van der Waals surface area contributed by atoms with Crippen LogP contribution in [0, 0.1) is 35.1 Å². The number of carboxylic acid groups (broad SMARTS) is 1. The van der Waals surface area contributed by atoms with Gasteiger partial charge in [-0.25, -0.2) is 37.1 Å². The van der Waals surface area contributed by atoms with Crippen LogP contribution in [0.4, 0.5) is 38.5 Å². The molecule has 0 bridgehead atoms. The number of methoxy groups -OCH3 is 1. The Morgan fingerprint density at radius 3 is 1.66 bits per heavy atom. The molecule has 0 spiro atoms. The molecule has 408 valence electrons. The Morgan fingerprint density at radius 1 is 0.662 bits per heavy atom. The number of likely N-dealkylation sites (tertiary alicyclic amines) is 2. The lowest BCUT2D eigenvalue weighted by molar-refractivity contribution is -0.138. The fraction of sp³-hybridized carbons (Fsp3) is 0.474. The fourth-order valence-corrected chi connectivity index (χ4v) is 12.6. The highest BCUT2D eigenvalue weighted by molar-refractivity contribution is 5.87. The number of likely N-dealkylation sites (N-methyl/N-ethyl adjacent to an activating group) is 1. The summed E-state index contributed by atoms with van der Waals surface area (Å²) >= 11 is 0. The highest BCUT2D eigenvalue weighted by atomic mass is 19.1. The molecule has 6 atom stereocenters. The van der Waals surface area contributed by atoms with Gasteiger partial charge in [0.2, 0.25) is 11.8 Å². The van der Waals surface area contributed by atoms with Crippen LogP contribution in [0.15, 0.2) is 66.7 Å². The first-order chi connectivity index (χ1) is 36.9. The van der Waals surface area contributed by atoms with Crippen molar-refractivity contribution in [3.8, 4) is 0 Å². The van der Waals surface area contributed by atoms with Gasteiger partial charge in [-0.2, -0.15) is 0 Å². The van der Waals surface area contributed by atoms with Crippen molar-refractivity contribution in [2.45, 2.75) is 121 Å². The first-order valence-corrected chi connectivity index (χ1v) is 26.8. The normalized spacial score (nSPS) is 21.0. The molecule has 0 saturated carbocycles. The Morgan fingerprint density at radius 2 is 1.18 bits per heavy atom. The van der Waals surface area contributed by atoms with E-state index in [0.717, 1.165) is 40.5 Å². The van der Waals surface area contributed by atoms with Gasteiger partial charge in [0.15, 0.2) is 11.6 Å². The van der Waals surface area contributed by atoms with Crippen molar-refractivity contribution in [1.82, 2.24) is 40.0 Å². The number of carbonyl (C=O) groups is 4. The third-order valence-corrected chi connectivity index (χ3v) is 16.4. The lowest BCUT2D eigenvalue weighted by Crippen LogP contribution is -2.51. The number of H-pyrrole nitrogens is 2. The van der Waals surface area contributed by atoms with E-state index in [2.05, 4.69) is 20.2 Å². The van der Waals surface area contributed by atoms with Crippen molar-refractivity contribution in [1.29, 1.82) is 0 Å². The average Bonchev–Trinajstić information content (AvgIpc) is 4.34. The van der Waals surface area contributed by atoms with Gasteiger partial charge in [0.1, 0.15) is 41.1 Å². The van der Waals surface area contributed by atoms with E-state index in [0.29, 0.717) is 91.1 Å². The number of benzene rings is 4. The van der Waals surface area contributed by atoms with Crippen molar-refractivity contribution >= 4 is 57.4 Å². The van der Waals surface area contributed by atoms with Gasteiger partial charge in [-0.15, -0.1) is 0 Å². The third-order valence-electron chi connectivity index (χ3n) is 16.4. The van der Waals surface area contributed by atoms with Gasteiger partial charge in [-0.05, 0) is 134 Å². The largest absolute Gasteiger partial charge is 0.465 e. The maximum atomic E-state index is 16.8. The van der Waals surface area contributed by atoms with Crippen molar-refractivity contribution in [2.24, 2.45) is 11.8 Å². The molecular weight excluding hydrogens is 997 g/mol. The number of imidazole rings is 2. The Labute approximate surface area is 444 Å².